The maximum absolute atomic E-state index is 13.4. The predicted molar refractivity (Wildman–Crippen MR) is 123 cm³/mol. The number of nitrogens with two attached hydrogens (primary N) is 1. The number of hydrogen-bond acceptors (Lipinski definition) is 6. The minimum Gasteiger partial charge on any atom is -0.481 e. The molecule has 1 atom stereocenters. The van der Waals surface area contributed by atoms with Crippen LogP contribution in [0.25, 0.3) is 22.4 Å². The molecule has 1 unspecified atom stereocenters. The average molecular weight is 559 g/mol. The molecule has 3 aromatic rings. The number of fused-ring (bicyclic) bond motifs is 4. The zero-order valence-corrected chi connectivity index (χ0v) is 19.3. The molecule has 3 aromatic heterocycles. The third-order valence-electron chi connectivity index (χ3n) is 6.03. The first-order chi connectivity index (χ1) is 14.9. The number of halogens is 3. The van der Waals surface area contributed by atoms with Gasteiger partial charge in [-0.25, -0.2) is 23.7 Å². The second-order valence-corrected chi connectivity index (χ2v) is 9.56. The summed E-state index contributed by atoms with van der Waals surface area (Å²) in [7, 11) is 1.37. The molecule has 3 aliphatic rings. The molecule has 7 nitrogen and oxygen atoms in total. The predicted octanol–water partition coefficient (Wildman–Crippen LogP) is 5.10. The summed E-state index contributed by atoms with van der Waals surface area (Å²) in [6.45, 7) is 0. The summed E-state index contributed by atoms with van der Waals surface area (Å²) in [5, 5.41) is 9.40. The maximum atomic E-state index is 13.4. The van der Waals surface area contributed by atoms with E-state index in [4.69, 9.17) is 10.8 Å². The number of nitrogens with zero attached hydrogens (tertiary/aromatic N) is 4. The lowest BCUT2D eigenvalue weighted by molar-refractivity contribution is -0.147. The molecule has 11 heteroatoms. The Labute approximate surface area is 193 Å². The van der Waals surface area contributed by atoms with Gasteiger partial charge in [-0.3, -0.25) is 8.77 Å². The Hall–Kier alpha value is -2.02. The lowest BCUT2D eigenvalue weighted by Crippen LogP contribution is -2.35. The number of aromatic nitrogens is 4. The van der Waals surface area contributed by atoms with Crippen LogP contribution in [0.2, 0.25) is 0 Å². The fraction of sp³-hybridized carbons (Fsp3) is 0.400. The lowest BCUT2D eigenvalue weighted by Gasteiger charge is -2.40. The largest absolute Gasteiger partial charge is 0.481 e. The van der Waals surface area contributed by atoms with Crippen molar-refractivity contribution in [2.45, 2.75) is 32.1 Å². The van der Waals surface area contributed by atoms with Gasteiger partial charge in [0, 0.05) is 47.5 Å². The van der Waals surface area contributed by atoms with Gasteiger partial charge in [0.25, 0.3) is 0 Å². The average Bonchev–Trinajstić information content (AvgIpc) is 3.14. The van der Waals surface area contributed by atoms with E-state index in [-0.39, 0.29) is 17.6 Å². The van der Waals surface area contributed by atoms with E-state index in [1.165, 1.54) is 40.9 Å². The van der Waals surface area contributed by atoms with Gasteiger partial charge in [0.05, 0.1) is 18.3 Å². The van der Waals surface area contributed by atoms with Crippen LogP contribution in [0.1, 0.15) is 32.1 Å². The van der Waals surface area contributed by atoms with E-state index < -0.39 is 17.6 Å². The van der Waals surface area contributed by atoms with Crippen molar-refractivity contribution in [3.8, 4) is 11.4 Å². The van der Waals surface area contributed by atoms with Crippen molar-refractivity contribution in [2.75, 3.05) is 5.73 Å². The molecule has 3 N–H and O–H groups in total. The van der Waals surface area contributed by atoms with Crippen molar-refractivity contribution in [2.24, 2.45) is 17.8 Å². The normalized spacial score (nSPS) is 22.2. The molecule has 3 aliphatic carbocycles. The molecule has 3 saturated carbocycles. The first kappa shape index (κ1) is 22.2. The van der Waals surface area contributed by atoms with Crippen LogP contribution in [0.4, 0.5) is 14.6 Å². The summed E-state index contributed by atoms with van der Waals surface area (Å²) in [6.07, 6.45) is 9.70. The number of nitrogen functional groups attached to an aromatic ring is 1. The molecule has 6 rings (SSSR count). The van der Waals surface area contributed by atoms with Crippen LogP contribution in [0, 0.1) is 29.4 Å². The van der Waals surface area contributed by atoms with E-state index in [2.05, 4.69) is 36.2 Å². The van der Waals surface area contributed by atoms with Crippen molar-refractivity contribution in [1.82, 2.24) is 18.9 Å². The van der Waals surface area contributed by atoms with Gasteiger partial charge in [-0.2, -0.15) is 0 Å². The van der Waals surface area contributed by atoms with Gasteiger partial charge in [-0.05, 0) is 37.2 Å². The van der Waals surface area contributed by atoms with Gasteiger partial charge in [0.1, 0.15) is 5.82 Å². The van der Waals surface area contributed by atoms with Crippen molar-refractivity contribution in [3.63, 3.8) is 0 Å². The van der Waals surface area contributed by atoms with Crippen molar-refractivity contribution in [3.05, 3.63) is 36.3 Å². The van der Waals surface area contributed by atoms with Gasteiger partial charge >= 0.3 is 5.97 Å². The third-order valence-corrected chi connectivity index (χ3v) is 7.73. The van der Waals surface area contributed by atoms with E-state index in [9.17, 15) is 13.6 Å². The number of aliphatic carboxylic acids is 1. The number of carboxylic acid groups (broad SMARTS) is 1. The Bertz CT molecular complexity index is 1120. The highest BCUT2D eigenvalue weighted by atomic mass is 127. The monoisotopic (exact) mass is 559 g/mol. The lowest BCUT2D eigenvalue weighted by atomic mass is 9.65. The Morgan fingerprint density at radius 1 is 1.23 bits per heavy atom. The molecule has 0 aliphatic heterocycles. The molecular weight excluding hydrogens is 539 g/mol. The number of pyridine rings is 1. The Morgan fingerprint density at radius 2 is 1.97 bits per heavy atom. The summed E-state index contributed by atoms with van der Waals surface area (Å²) < 4.78 is 28.3. The van der Waals surface area contributed by atoms with Gasteiger partial charge < -0.3 is 10.8 Å². The summed E-state index contributed by atoms with van der Waals surface area (Å²) in [5.74, 6) is -0.483. The zero-order valence-electron chi connectivity index (χ0n) is 16.3. The highest BCUT2D eigenvalue weighted by Crippen LogP contribution is 2.44. The molecular formula is C20H20F2IN5O2S. The Kier molecular flexibility index (Phi) is 6.60. The fourth-order valence-corrected chi connectivity index (χ4v) is 5.73. The standard InChI is InChI=1S/C11H6F2IN5S.C9H14O2/c12-5-1-6-7(4-19(20-14)11(6)17-2-5)10-16-3-8(13)9(15)18-10;10-9(11)8-5-6-1-3-7(8)4-2-6/h1-4H,(H2,15,16,18);6-8H,1-5H2,(H,10,11). The van der Waals surface area contributed by atoms with Gasteiger partial charge in [0.15, 0.2) is 23.1 Å². The van der Waals surface area contributed by atoms with E-state index in [0.717, 1.165) is 24.7 Å². The molecule has 0 radical (unpaired) electrons. The van der Waals surface area contributed by atoms with Crippen LogP contribution < -0.4 is 5.73 Å². The summed E-state index contributed by atoms with van der Waals surface area (Å²) in [5.41, 5.74) is 6.56. The number of rotatable bonds is 3. The van der Waals surface area contributed by atoms with Crippen LogP contribution in [-0.4, -0.2) is 30.0 Å². The molecule has 3 fully saturated rings. The minimum atomic E-state index is -0.690. The second kappa shape index (κ2) is 9.23. The molecule has 0 spiro atoms. The van der Waals surface area contributed by atoms with E-state index in [0.29, 0.717) is 22.5 Å². The van der Waals surface area contributed by atoms with E-state index in [1.807, 2.05) is 0 Å². The van der Waals surface area contributed by atoms with Crippen LogP contribution >= 0.6 is 30.3 Å². The fourth-order valence-electron chi connectivity index (χ4n) is 4.48. The van der Waals surface area contributed by atoms with Gasteiger partial charge in [0.2, 0.25) is 0 Å². The highest BCUT2D eigenvalue weighted by Gasteiger charge is 2.39. The van der Waals surface area contributed by atoms with Crippen LogP contribution in [0.5, 0.6) is 0 Å². The quantitative estimate of drug-likeness (QED) is 0.431. The number of hydrogen-bond donors (Lipinski definition) is 2. The van der Waals surface area contributed by atoms with Crippen molar-refractivity contribution in [1.29, 1.82) is 0 Å². The minimum absolute atomic E-state index is 0.00231. The molecule has 0 saturated heterocycles. The number of carbonyl (C=O) groups is 1. The number of anilines is 1. The van der Waals surface area contributed by atoms with Crippen LogP contribution in [0.3, 0.4) is 0 Å². The first-order valence-corrected chi connectivity index (χ1v) is 13.2. The Balaban J connectivity index is 0.000000177. The van der Waals surface area contributed by atoms with Gasteiger partial charge in [-0.15, -0.1) is 0 Å². The maximum Gasteiger partial charge on any atom is 0.306 e. The molecule has 0 aromatic carbocycles. The van der Waals surface area contributed by atoms with Crippen molar-refractivity contribution >= 4 is 53.1 Å². The second-order valence-electron chi connectivity index (χ2n) is 7.85. The Morgan fingerprint density at radius 3 is 2.52 bits per heavy atom. The molecule has 2 bridgehead atoms. The highest BCUT2D eigenvalue weighted by molar-refractivity contribution is 14.2. The first-order valence-electron chi connectivity index (χ1n) is 9.84. The molecule has 3 heterocycles. The molecule has 0 amide bonds. The summed E-state index contributed by atoms with van der Waals surface area (Å²) in [4.78, 5) is 22.6. The zero-order chi connectivity index (χ0) is 22.1. The molecule has 164 valence electrons. The summed E-state index contributed by atoms with van der Waals surface area (Å²) in [6, 6.07) is 1.34. The van der Waals surface area contributed by atoms with Gasteiger partial charge in [-0.1, -0.05) is 12.8 Å². The van der Waals surface area contributed by atoms with Crippen molar-refractivity contribution < 1.29 is 18.7 Å². The van der Waals surface area contributed by atoms with E-state index >= 15 is 0 Å². The number of carboxylic acids is 1. The van der Waals surface area contributed by atoms with E-state index in [1.54, 1.807) is 10.2 Å². The smallest absolute Gasteiger partial charge is 0.306 e. The third kappa shape index (κ3) is 4.61. The SMILES string of the molecule is Nc1nc(-c2cn(SI)c3ncc(F)cc23)ncc1F.O=C(O)C1CC2CCC1CC2. The van der Waals surface area contributed by atoms with Crippen LogP contribution in [-0.2, 0) is 4.79 Å². The summed E-state index contributed by atoms with van der Waals surface area (Å²) >= 11 is 2.08. The molecule has 31 heavy (non-hydrogen) atoms. The van der Waals surface area contributed by atoms with Crippen LogP contribution in [0.15, 0.2) is 24.7 Å². The topological polar surface area (TPSA) is 107 Å².